The number of fused-ring (bicyclic) bond motifs is 3. The minimum absolute atomic E-state index is 0.283. The highest BCUT2D eigenvalue weighted by Crippen LogP contribution is 2.32. The first kappa shape index (κ1) is 19.5. The van der Waals surface area contributed by atoms with Gasteiger partial charge in [0.15, 0.2) is 10.7 Å². The van der Waals surface area contributed by atoms with Crippen LogP contribution in [0.1, 0.15) is 17.5 Å². The van der Waals surface area contributed by atoms with Crippen molar-refractivity contribution in [1.82, 2.24) is 19.8 Å². The van der Waals surface area contributed by atoms with Crippen LogP contribution in [0.3, 0.4) is 0 Å². The molecule has 7 nitrogen and oxygen atoms in total. The molecule has 29 heavy (non-hydrogen) atoms. The molecule has 4 rings (SSSR count). The number of methoxy groups -OCH3 is 1. The summed E-state index contributed by atoms with van der Waals surface area (Å²) in [5.74, 6) is 0.686. The van der Waals surface area contributed by atoms with Crippen molar-refractivity contribution in [1.29, 1.82) is 0 Å². The highest BCUT2D eigenvalue weighted by atomic mass is 32.2. The molecule has 0 saturated heterocycles. The first-order chi connectivity index (χ1) is 14.1. The number of aromatic nitrogens is 4. The van der Waals surface area contributed by atoms with Gasteiger partial charge in [-0.05, 0) is 37.6 Å². The van der Waals surface area contributed by atoms with Gasteiger partial charge in [0, 0.05) is 31.1 Å². The van der Waals surface area contributed by atoms with Gasteiger partial charge in [-0.2, -0.15) is 4.98 Å². The van der Waals surface area contributed by atoms with Gasteiger partial charge < -0.3 is 9.47 Å². The summed E-state index contributed by atoms with van der Waals surface area (Å²) >= 11 is 1.49. The van der Waals surface area contributed by atoms with Crippen molar-refractivity contribution in [2.75, 3.05) is 20.3 Å². The third-order valence-corrected chi connectivity index (χ3v) is 5.75. The summed E-state index contributed by atoms with van der Waals surface area (Å²) in [6.45, 7) is 5.31. The second-order valence-electron chi connectivity index (χ2n) is 6.84. The molecule has 0 spiro atoms. The molecule has 0 aliphatic heterocycles. The van der Waals surface area contributed by atoms with Crippen molar-refractivity contribution >= 4 is 28.3 Å². The van der Waals surface area contributed by atoms with Crippen LogP contribution in [0, 0.1) is 13.8 Å². The van der Waals surface area contributed by atoms with E-state index in [1.165, 1.54) is 17.3 Å². The summed E-state index contributed by atoms with van der Waals surface area (Å²) in [6, 6.07) is 11.6. The SMILES string of the molecule is COCCCOc1ccc2c(=O)nc3c(Sc4ccc(C)cc4C)n[nH]n3c2c1. The molecule has 0 unspecified atom stereocenters. The highest BCUT2D eigenvalue weighted by Gasteiger charge is 2.15. The van der Waals surface area contributed by atoms with E-state index in [1.54, 1.807) is 23.8 Å². The van der Waals surface area contributed by atoms with Crippen LogP contribution in [0.4, 0.5) is 0 Å². The lowest BCUT2D eigenvalue weighted by Crippen LogP contribution is -2.10. The number of rotatable bonds is 7. The summed E-state index contributed by atoms with van der Waals surface area (Å²) in [4.78, 5) is 17.9. The Bertz CT molecular complexity index is 1230. The normalized spacial score (nSPS) is 11.4. The van der Waals surface area contributed by atoms with Gasteiger partial charge in [0.05, 0.1) is 17.5 Å². The summed E-state index contributed by atoms with van der Waals surface area (Å²) in [5.41, 5.74) is 3.27. The highest BCUT2D eigenvalue weighted by molar-refractivity contribution is 7.99. The molecule has 2 aromatic carbocycles. The minimum Gasteiger partial charge on any atom is -0.493 e. The molecule has 2 aromatic heterocycles. The summed E-state index contributed by atoms with van der Waals surface area (Å²) < 4.78 is 12.5. The third kappa shape index (κ3) is 3.99. The van der Waals surface area contributed by atoms with Crippen LogP contribution >= 0.6 is 11.8 Å². The molecule has 1 N–H and O–H groups in total. The molecule has 0 radical (unpaired) electrons. The van der Waals surface area contributed by atoms with E-state index >= 15 is 0 Å². The number of hydrogen-bond acceptors (Lipinski definition) is 6. The summed E-state index contributed by atoms with van der Waals surface area (Å²) in [6.07, 6.45) is 0.793. The second kappa shape index (κ2) is 8.26. The Labute approximate surface area is 172 Å². The number of aryl methyl sites for hydroxylation is 2. The van der Waals surface area contributed by atoms with Crippen molar-refractivity contribution in [2.45, 2.75) is 30.2 Å². The molecular formula is C21H22N4O3S. The van der Waals surface area contributed by atoms with E-state index < -0.39 is 0 Å². The first-order valence-corrected chi connectivity index (χ1v) is 10.2. The van der Waals surface area contributed by atoms with Crippen LogP contribution < -0.4 is 10.3 Å². The number of H-pyrrole nitrogens is 1. The lowest BCUT2D eigenvalue weighted by Gasteiger charge is -2.08. The Morgan fingerprint density at radius 3 is 2.79 bits per heavy atom. The van der Waals surface area contributed by atoms with E-state index in [0.29, 0.717) is 40.5 Å². The molecule has 8 heteroatoms. The number of nitrogens with zero attached hydrogens (tertiary/aromatic N) is 3. The van der Waals surface area contributed by atoms with Crippen LogP contribution in [0.25, 0.3) is 16.6 Å². The van der Waals surface area contributed by atoms with E-state index in [-0.39, 0.29) is 5.56 Å². The standard InChI is InChI=1S/C21H22N4O3S/c1-13-5-8-18(14(2)11-13)29-21-19-22-20(26)16-7-6-15(28-10-4-9-27-3)12-17(16)25(19)24-23-21/h5-8,11-12,24H,4,9-10H2,1-3H3. The maximum Gasteiger partial charge on any atom is 0.281 e. The monoisotopic (exact) mass is 410 g/mol. The molecule has 0 atom stereocenters. The van der Waals surface area contributed by atoms with Gasteiger partial charge in [-0.3, -0.25) is 4.79 Å². The molecule has 150 valence electrons. The topological polar surface area (TPSA) is 81.5 Å². The molecular weight excluding hydrogens is 388 g/mol. The zero-order chi connectivity index (χ0) is 20.4. The Kier molecular flexibility index (Phi) is 5.55. The second-order valence-corrected chi connectivity index (χ2v) is 7.87. The Hall–Kier alpha value is -2.84. The smallest absolute Gasteiger partial charge is 0.281 e. The van der Waals surface area contributed by atoms with Gasteiger partial charge in [0.25, 0.3) is 5.56 Å². The fourth-order valence-electron chi connectivity index (χ4n) is 3.16. The predicted molar refractivity (Wildman–Crippen MR) is 113 cm³/mol. The zero-order valence-corrected chi connectivity index (χ0v) is 17.4. The Balaban J connectivity index is 1.72. The average Bonchev–Trinajstić information content (AvgIpc) is 3.10. The van der Waals surface area contributed by atoms with E-state index in [2.05, 4.69) is 47.3 Å². The van der Waals surface area contributed by atoms with Crippen molar-refractivity contribution in [3.8, 4) is 5.75 Å². The zero-order valence-electron chi connectivity index (χ0n) is 16.6. The van der Waals surface area contributed by atoms with Crippen LogP contribution in [0.2, 0.25) is 0 Å². The molecule has 0 saturated carbocycles. The number of hydrogen-bond donors (Lipinski definition) is 1. The quantitative estimate of drug-likeness (QED) is 0.467. The first-order valence-electron chi connectivity index (χ1n) is 9.34. The lowest BCUT2D eigenvalue weighted by atomic mass is 10.2. The van der Waals surface area contributed by atoms with Crippen molar-refractivity contribution in [3.63, 3.8) is 0 Å². The fraction of sp³-hybridized carbons (Fsp3) is 0.286. The number of benzene rings is 2. The largest absolute Gasteiger partial charge is 0.493 e. The Morgan fingerprint density at radius 2 is 2.00 bits per heavy atom. The molecule has 0 fully saturated rings. The third-order valence-electron chi connectivity index (χ3n) is 4.60. The lowest BCUT2D eigenvalue weighted by molar-refractivity contribution is 0.172. The van der Waals surface area contributed by atoms with Gasteiger partial charge in [-0.25, -0.2) is 9.73 Å². The molecule has 0 aliphatic carbocycles. The molecule has 0 aliphatic rings. The van der Waals surface area contributed by atoms with Crippen molar-refractivity contribution < 1.29 is 9.47 Å². The predicted octanol–water partition coefficient (Wildman–Crippen LogP) is 3.75. The van der Waals surface area contributed by atoms with E-state index in [9.17, 15) is 4.79 Å². The minimum atomic E-state index is -0.283. The van der Waals surface area contributed by atoms with Crippen molar-refractivity contribution in [2.24, 2.45) is 0 Å². The molecule has 2 heterocycles. The molecule has 4 aromatic rings. The maximum atomic E-state index is 12.6. The fourth-order valence-corrected chi connectivity index (χ4v) is 4.04. The number of aromatic amines is 1. The van der Waals surface area contributed by atoms with E-state index in [1.807, 2.05) is 6.07 Å². The molecule has 0 amide bonds. The summed E-state index contributed by atoms with van der Waals surface area (Å²) in [7, 11) is 1.66. The maximum absolute atomic E-state index is 12.6. The van der Waals surface area contributed by atoms with Gasteiger partial charge in [-0.15, -0.1) is 5.10 Å². The van der Waals surface area contributed by atoms with Crippen molar-refractivity contribution in [3.05, 3.63) is 57.9 Å². The van der Waals surface area contributed by atoms with Gasteiger partial charge in [0.2, 0.25) is 0 Å². The van der Waals surface area contributed by atoms with Crippen LogP contribution in [-0.4, -0.2) is 40.1 Å². The average molecular weight is 410 g/mol. The van der Waals surface area contributed by atoms with Crippen LogP contribution in [0.15, 0.2) is 51.1 Å². The summed E-state index contributed by atoms with van der Waals surface area (Å²) in [5, 5.41) is 8.55. The van der Waals surface area contributed by atoms with Gasteiger partial charge in [-0.1, -0.05) is 29.5 Å². The van der Waals surface area contributed by atoms with Crippen LogP contribution in [0.5, 0.6) is 5.75 Å². The number of ether oxygens (including phenoxy) is 2. The Morgan fingerprint density at radius 1 is 1.14 bits per heavy atom. The molecule has 0 bridgehead atoms. The number of nitrogens with one attached hydrogen (secondary N) is 1. The van der Waals surface area contributed by atoms with Gasteiger partial charge in [0.1, 0.15) is 5.75 Å². The van der Waals surface area contributed by atoms with E-state index in [0.717, 1.165) is 16.9 Å². The van der Waals surface area contributed by atoms with E-state index in [4.69, 9.17) is 9.47 Å². The van der Waals surface area contributed by atoms with Gasteiger partial charge >= 0.3 is 0 Å². The van der Waals surface area contributed by atoms with Crippen LogP contribution in [-0.2, 0) is 4.74 Å².